The number of pyridine rings is 2. The molecule has 168 valence electrons. The molecule has 0 fully saturated rings. The highest BCUT2D eigenvalue weighted by atomic mass is 16.3. The van der Waals surface area contributed by atoms with E-state index in [1.54, 1.807) is 16.8 Å². The molecule has 1 amide bonds. The maximum absolute atomic E-state index is 13.6. The lowest BCUT2D eigenvalue weighted by Gasteiger charge is -2.19. The van der Waals surface area contributed by atoms with Crippen LogP contribution in [0, 0.1) is 0 Å². The van der Waals surface area contributed by atoms with E-state index in [1.165, 1.54) is 0 Å². The Kier molecular flexibility index (Phi) is 7.27. The highest BCUT2D eigenvalue weighted by molar-refractivity contribution is 6.07. The number of unbranched alkanes of at least 4 members (excludes halogenated alkanes) is 2. The van der Waals surface area contributed by atoms with Gasteiger partial charge in [-0.1, -0.05) is 66.7 Å². The van der Waals surface area contributed by atoms with E-state index in [-0.39, 0.29) is 18.1 Å². The fourth-order valence-electron chi connectivity index (χ4n) is 4.04. The van der Waals surface area contributed by atoms with Crippen LogP contribution in [-0.4, -0.2) is 27.2 Å². The Bertz CT molecular complexity index is 1280. The van der Waals surface area contributed by atoms with E-state index in [2.05, 4.69) is 10.3 Å². The van der Waals surface area contributed by atoms with E-state index in [4.69, 9.17) is 5.11 Å². The zero-order valence-corrected chi connectivity index (χ0v) is 18.4. The fourth-order valence-corrected chi connectivity index (χ4v) is 4.04. The minimum absolute atomic E-state index is 0.105. The number of aliphatic hydroxyl groups excluding tert-OH is 1. The molecule has 0 bridgehead atoms. The third-order valence-electron chi connectivity index (χ3n) is 5.64. The first kappa shape index (κ1) is 22.4. The number of nitrogens with zero attached hydrogens (tertiary/aromatic N) is 2. The Morgan fingerprint density at radius 3 is 2.36 bits per heavy atom. The van der Waals surface area contributed by atoms with Crippen LogP contribution in [0.1, 0.15) is 35.3 Å². The van der Waals surface area contributed by atoms with Gasteiger partial charge in [-0.25, -0.2) is 0 Å². The SMILES string of the molecule is O=C(NCc1ccccc1)c1c(-c2ccccc2)c2cccnc2c(=O)n1CCCCCO. The van der Waals surface area contributed by atoms with Gasteiger partial charge in [-0.05, 0) is 36.5 Å². The lowest BCUT2D eigenvalue weighted by Crippen LogP contribution is -2.33. The zero-order valence-electron chi connectivity index (χ0n) is 18.4. The topological polar surface area (TPSA) is 84.2 Å². The molecule has 2 N–H and O–H groups in total. The summed E-state index contributed by atoms with van der Waals surface area (Å²) in [5, 5.41) is 12.8. The quantitative estimate of drug-likeness (QED) is 0.382. The highest BCUT2D eigenvalue weighted by Crippen LogP contribution is 2.30. The van der Waals surface area contributed by atoms with Crippen LogP contribution in [0.25, 0.3) is 22.0 Å². The molecule has 0 aliphatic carbocycles. The van der Waals surface area contributed by atoms with Crippen molar-refractivity contribution < 1.29 is 9.90 Å². The number of amides is 1. The van der Waals surface area contributed by atoms with Gasteiger partial charge in [0, 0.05) is 36.8 Å². The van der Waals surface area contributed by atoms with Gasteiger partial charge in [-0.3, -0.25) is 14.6 Å². The zero-order chi connectivity index (χ0) is 23.0. The van der Waals surface area contributed by atoms with Gasteiger partial charge < -0.3 is 15.0 Å². The molecule has 0 aliphatic rings. The van der Waals surface area contributed by atoms with Crippen LogP contribution < -0.4 is 10.9 Å². The average Bonchev–Trinajstić information content (AvgIpc) is 2.87. The molecule has 0 spiro atoms. The molecule has 0 atom stereocenters. The molecule has 2 aromatic carbocycles. The summed E-state index contributed by atoms with van der Waals surface area (Å²) in [6.07, 6.45) is 3.69. The van der Waals surface area contributed by atoms with Crippen LogP contribution >= 0.6 is 0 Å². The van der Waals surface area contributed by atoms with Crippen molar-refractivity contribution in [3.05, 3.63) is 101 Å². The van der Waals surface area contributed by atoms with E-state index < -0.39 is 0 Å². The monoisotopic (exact) mass is 441 g/mol. The summed E-state index contributed by atoms with van der Waals surface area (Å²) in [7, 11) is 0. The Balaban J connectivity index is 1.86. The number of aliphatic hydroxyl groups is 1. The second-order valence-corrected chi connectivity index (χ2v) is 7.90. The summed E-state index contributed by atoms with van der Waals surface area (Å²) in [5.74, 6) is -0.303. The third kappa shape index (κ3) is 5.02. The van der Waals surface area contributed by atoms with Crippen molar-refractivity contribution in [2.24, 2.45) is 0 Å². The summed E-state index contributed by atoms with van der Waals surface area (Å²) in [6.45, 7) is 0.838. The first-order valence-electron chi connectivity index (χ1n) is 11.2. The lowest BCUT2D eigenvalue weighted by atomic mass is 9.98. The van der Waals surface area contributed by atoms with Gasteiger partial charge in [-0.2, -0.15) is 0 Å². The van der Waals surface area contributed by atoms with E-state index in [1.807, 2.05) is 66.7 Å². The first-order valence-corrected chi connectivity index (χ1v) is 11.2. The molecule has 0 aliphatic heterocycles. The number of carbonyl (C=O) groups excluding carboxylic acids is 1. The molecular weight excluding hydrogens is 414 g/mol. The predicted octanol–water partition coefficient (Wildman–Crippen LogP) is 4.16. The minimum atomic E-state index is -0.303. The van der Waals surface area contributed by atoms with Gasteiger partial charge in [0.1, 0.15) is 11.2 Å². The summed E-state index contributed by atoms with van der Waals surface area (Å²) in [4.78, 5) is 31.4. The molecule has 6 nitrogen and oxygen atoms in total. The van der Waals surface area contributed by atoms with E-state index in [9.17, 15) is 9.59 Å². The van der Waals surface area contributed by atoms with E-state index in [0.717, 1.165) is 17.5 Å². The number of carbonyl (C=O) groups is 1. The largest absolute Gasteiger partial charge is 0.396 e. The Morgan fingerprint density at radius 2 is 1.64 bits per heavy atom. The van der Waals surface area contributed by atoms with E-state index in [0.29, 0.717) is 48.1 Å². The third-order valence-corrected chi connectivity index (χ3v) is 5.64. The van der Waals surface area contributed by atoms with Crippen molar-refractivity contribution in [3.63, 3.8) is 0 Å². The van der Waals surface area contributed by atoms with Crippen molar-refractivity contribution in [2.45, 2.75) is 32.4 Å². The molecule has 6 heteroatoms. The molecular formula is C27H27N3O3. The Hall–Kier alpha value is -3.77. The van der Waals surface area contributed by atoms with Gasteiger partial charge in [0.15, 0.2) is 0 Å². The number of nitrogens with one attached hydrogen (secondary N) is 1. The molecule has 0 unspecified atom stereocenters. The lowest BCUT2D eigenvalue weighted by molar-refractivity contribution is 0.0941. The Labute approximate surface area is 192 Å². The highest BCUT2D eigenvalue weighted by Gasteiger charge is 2.23. The van der Waals surface area contributed by atoms with Gasteiger partial charge in [-0.15, -0.1) is 0 Å². The summed E-state index contributed by atoms with van der Waals surface area (Å²) >= 11 is 0. The van der Waals surface area contributed by atoms with Crippen LogP contribution in [0.5, 0.6) is 0 Å². The normalized spacial score (nSPS) is 10.9. The summed E-state index contributed by atoms with van der Waals surface area (Å²) in [5.41, 5.74) is 2.94. The molecule has 4 rings (SSSR count). The standard InChI is InChI=1S/C27H27N3O3/c31-18-9-3-8-17-30-25(26(32)29-19-20-11-4-1-5-12-20)23(21-13-6-2-7-14-21)22-15-10-16-28-24(22)27(30)33/h1-2,4-7,10-16,31H,3,8-9,17-19H2,(H,29,32). The Morgan fingerprint density at radius 1 is 0.909 bits per heavy atom. The number of rotatable bonds is 9. The smallest absolute Gasteiger partial charge is 0.277 e. The van der Waals surface area contributed by atoms with Crippen molar-refractivity contribution in [1.29, 1.82) is 0 Å². The van der Waals surface area contributed by atoms with Crippen molar-refractivity contribution >= 4 is 16.8 Å². The van der Waals surface area contributed by atoms with Gasteiger partial charge in [0.25, 0.3) is 11.5 Å². The van der Waals surface area contributed by atoms with Crippen LogP contribution in [0.2, 0.25) is 0 Å². The van der Waals surface area contributed by atoms with Crippen LogP contribution in [0.15, 0.2) is 83.8 Å². The van der Waals surface area contributed by atoms with Crippen LogP contribution in [-0.2, 0) is 13.1 Å². The second kappa shape index (κ2) is 10.7. The number of hydrogen-bond donors (Lipinski definition) is 2. The number of aromatic nitrogens is 2. The van der Waals surface area contributed by atoms with Gasteiger partial charge in [0.2, 0.25) is 0 Å². The summed E-state index contributed by atoms with van der Waals surface area (Å²) in [6, 6.07) is 22.9. The van der Waals surface area contributed by atoms with Crippen molar-refractivity contribution in [1.82, 2.24) is 14.9 Å². The van der Waals surface area contributed by atoms with Gasteiger partial charge in [0.05, 0.1) is 0 Å². The molecule has 33 heavy (non-hydrogen) atoms. The van der Waals surface area contributed by atoms with Crippen molar-refractivity contribution in [2.75, 3.05) is 6.61 Å². The molecule has 2 aromatic heterocycles. The van der Waals surface area contributed by atoms with Gasteiger partial charge >= 0.3 is 0 Å². The first-order chi connectivity index (χ1) is 16.2. The number of benzene rings is 2. The van der Waals surface area contributed by atoms with E-state index >= 15 is 0 Å². The van der Waals surface area contributed by atoms with Crippen molar-refractivity contribution in [3.8, 4) is 11.1 Å². The second-order valence-electron chi connectivity index (χ2n) is 7.90. The molecule has 2 heterocycles. The molecule has 0 saturated heterocycles. The molecule has 0 saturated carbocycles. The maximum atomic E-state index is 13.6. The molecule has 4 aromatic rings. The molecule has 0 radical (unpaired) electrons. The number of hydrogen-bond acceptors (Lipinski definition) is 4. The summed E-state index contributed by atoms with van der Waals surface area (Å²) < 4.78 is 1.55. The average molecular weight is 442 g/mol. The minimum Gasteiger partial charge on any atom is -0.396 e. The van der Waals surface area contributed by atoms with Crippen LogP contribution in [0.3, 0.4) is 0 Å². The fraction of sp³-hybridized carbons (Fsp3) is 0.222. The number of fused-ring (bicyclic) bond motifs is 1. The van der Waals surface area contributed by atoms with Crippen LogP contribution in [0.4, 0.5) is 0 Å². The maximum Gasteiger partial charge on any atom is 0.277 e. The predicted molar refractivity (Wildman–Crippen MR) is 130 cm³/mol.